The maximum Gasteiger partial charge on any atom is 0.155 e. The lowest BCUT2D eigenvalue weighted by atomic mass is 9.78. The summed E-state index contributed by atoms with van der Waals surface area (Å²) in [6.45, 7) is 4.85. The van der Waals surface area contributed by atoms with E-state index in [4.69, 9.17) is 0 Å². The number of piperidine rings is 2. The molecule has 1 atom stereocenters. The molecular formula is C12H21N2O. The highest BCUT2D eigenvalue weighted by Crippen LogP contribution is 2.26. The lowest BCUT2D eigenvalue weighted by molar-refractivity contribution is -0.130. The average Bonchev–Trinajstić information content (AvgIpc) is 2.30. The number of nitrogens with one attached hydrogen (secondary N) is 1. The Hall–Kier alpha value is -0.410. The summed E-state index contributed by atoms with van der Waals surface area (Å²) in [6.07, 6.45) is 5.35. The summed E-state index contributed by atoms with van der Waals surface area (Å²) in [7, 11) is 0. The van der Waals surface area contributed by atoms with Crippen molar-refractivity contribution in [3.8, 4) is 0 Å². The maximum absolute atomic E-state index is 12.4. The molecule has 15 heavy (non-hydrogen) atoms. The smallest absolute Gasteiger partial charge is 0.155 e. The van der Waals surface area contributed by atoms with Crippen LogP contribution in [0.3, 0.4) is 0 Å². The van der Waals surface area contributed by atoms with Crippen molar-refractivity contribution in [2.45, 2.75) is 44.6 Å². The van der Waals surface area contributed by atoms with Crippen molar-refractivity contribution < 1.29 is 4.79 Å². The van der Waals surface area contributed by atoms with Crippen molar-refractivity contribution in [1.29, 1.82) is 0 Å². The van der Waals surface area contributed by atoms with Gasteiger partial charge in [-0.25, -0.2) is 5.32 Å². The van der Waals surface area contributed by atoms with E-state index < -0.39 is 0 Å². The van der Waals surface area contributed by atoms with Gasteiger partial charge in [0, 0.05) is 19.0 Å². The highest BCUT2D eigenvalue weighted by atomic mass is 16.1. The van der Waals surface area contributed by atoms with Crippen LogP contribution in [0, 0.1) is 5.92 Å². The Morgan fingerprint density at radius 2 is 2.07 bits per heavy atom. The Kier molecular flexibility index (Phi) is 3.42. The monoisotopic (exact) mass is 209 g/mol. The molecule has 3 nitrogen and oxygen atoms in total. The van der Waals surface area contributed by atoms with Crippen LogP contribution in [0.2, 0.25) is 0 Å². The molecule has 0 bridgehead atoms. The van der Waals surface area contributed by atoms with Gasteiger partial charge in [0.2, 0.25) is 0 Å². The summed E-state index contributed by atoms with van der Waals surface area (Å²) in [4.78, 5) is 12.4. The summed E-state index contributed by atoms with van der Waals surface area (Å²) < 4.78 is 0. The number of carbonyl (C=O) groups is 1. The van der Waals surface area contributed by atoms with Crippen LogP contribution in [0.25, 0.3) is 0 Å². The van der Waals surface area contributed by atoms with E-state index in [1.165, 1.54) is 12.8 Å². The van der Waals surface area contributed by atoms with Crippen molar-refractivity contribution in [3.63, 3.8) is 0 Å². The molecule has 0 spiro atoms. The fourth-order valence-corrected chi connectivity index (χ4v) is 2.73. The SMILES string of the molecule is CC1(C(=O)C2CC[N]CC2)CCCCN1. The first-order chi connectivity index (χ1) is 7.22. The van der Waals surface area contributed by atoms with Crippen LogP contribution in [0.1, 0.15) is 39.0 Å². The Morgan fingerprint density at radius 3 is 2.67 bits per heavy atom. The quantitative estimate of drug-likeness (QED) is 0.740. The molecule has 2 saturated heterocycles. The maximum atomic E-state index is 12.4. The molecule has 1 unspecified atom stereocenters. The molecular weight excluding hydrogens is 188 g/mol. The Bertz CT molecular complexity index is 228. The van der Waals surface area contributed by atoms with Crippen LogP contribution in [0.15, 0.2) is 0 Å². The molecule has 1 radical (unpaired) electrons. The minimum absolute atomic E-state index is 0.236. The van der Waals surface area contributed by atoms with Gasteiger partial charge in [0.05, 0.1) is 5.54 Å². The van der Waals surface area contributed by atoms with Gasteiger partial charge in [0.15, 0.2) is 5.78 Å². The predicted octanol–water partition coefficient (Wildman–Crippen LogP) is 1.10. The van der Waals surface area contributed by atoms with Crippen LogP contribution < -0.4 is 10.6 Å². The average molecular weight is 209 g/mol. The molecule has 2 fully saturated rings. The van der Waals surface area contributed by atoms with Gasteiger partial charge in [-0.05, 0) is 45.6 Å². The first-order valence-corrected chi connectivity index (χ1v) is 6.15. The van der Waals surface area contributed by atoms with E-state index in [1.54, 1.807) is 0 Å². The molecule has 0 aromatic carbocycles. The summed E-state index contributed by atoms with van der Waals surface area (Å²) in [5.74, 6) is 0.704. The second-order valence-corrected chi connectivity index (χ2v) is 5.03. The minimum Gasteiger partial charge on any atom is -0.305 e. The van der Waals surface area contributed by atoms with Crippen molar-refractivity contribution in [2.24, 2.45) is 5.92 Å². The molecule has 0 saturated carbocycles. The molecule has 0 aromatic rings. The lowest BCUT2D eigenvalue weighted by Crippen LogP contribution is -2.55. The van der Waals surface area contributed by atoms with Gasteiger partial charge in [0.1, 0.15) is 0 Å². The number of nitrogens with zero attached hydrogens (tertiary/aromatic N) is 1. The Morgan fingerprint density at radius 1 is 1.33 bits per heavy atom. The summed E-state index contributed by atoms with van der Waals surface area (Å²) >= 11 is 0. The summed E-state index contributed by atoms with van der Waals surface area (Å²) in [6, 6.07) is 0. The normalized spacial score (nSPS) is 33.9. The fraction of sp³-hybridized carbons (Fsp3) is 0.917. The molecule has 85 valence electrons. The van der Waals surface area contributed by atoms with Gasteiger partial charge in [-0.2, -0.15) is 0 Å². The molecule has 0 amide bonds. The van der Waals surface area contributed by atoms with Gasteiger partial charge >= 0.3 is 0 Å². The zero-order valence-electron chi connectivity index (χ0n) is 9.59. The Labute approximate surface area is 92.0 Å². The predicted molar refractivity (Wildman–Crippen MR) is 59.9 cm³/mol. The standard InChI is InChI=1S/C12H21N2O/c1-12(6-2-3-7-14-12)11(15)10-4-8-13-9-5-10/h10,14H,2-9H2,1H3. The number of rotatable bonds is 2. The van der Waals surface area contributed by atoms with E-state index >= 15 is 0 Å². The topological polar surface area (TPSA) is 43.2 Å². The van der Waals surface area contributed by atoms with E-state index in [0.717, 1.165) is 38.9 Å². The second kappa shape index (κ2) is 4.62. The Balaban J connectivity index is 1.98. The third-order valence-corrected chi connectivity index (χ3v) is 3.80. The first kappa shape index (κ1) is 11.1. The minimum atomic E-state index is -0.236. The van der Waals surface area contributed by atoms with E-state index in [1.807, 2.05) is 0 Å². The van der Waals surface area contributed by atoms with Gasteiger partial charge in [0.25, 0.3) is 0 Å². The molecule has 3 heteroatoms. The van der Waals surface area contributed by atoms with Crippen LogP contribution in [-0.2, 0) is 4.79 Å². The van der Waals surface area contributed by atoms with E-state index in [9.17, 15) is 4.79 Å². The van der Waals surface area contributed by atoms with Gasteiger partial charge in [-0.3, -0.25) is 4.79 Å². The molecule has 0 aliphatic carbocycles. The van der Waals surface area contributed by atoms with Crippen molar-refractivity contribution in [3.05, 3.63) is 0 Å². The highest BCUT2D eigenvalue weighted by molar-refractivity contribution is 5.90. The first-order valence-electron chi connectivity index (χ1n) is 6.15. The third-order valence-electron chi connectivity index (χ3n) is 3.80. The molecule has 2 aliphatic rings. The van der Waals surface area contributed by atoms with Crippen LogP contribution in [0.5, 0.6) is 0 Å². The molecule has 2 rings (SSSR count). The summed E-state index contributed by atoms with van der Waals surface area (Å²) in [5, 5.41) is 7.72. The van der Waals surface area contributed by atoms with Crippen LogP contribution >= 0.6 is 0 Å². The summed E-state index contributed by atoms with van der Waals surface area (Å²) in [5.41, 5.74) is -0.236. The second-order valence-electron chi connectivity index (χ2n) is 5.03. The van der Waals surface area contributed by atoms with Crippen LogP contribution in [0.4, 0.5) is 0 Å². The number of carbonyl (C=O) groups excluding carboxylic acids is 1. The van der Waals surface area contributed by atoms with E-state index in [0.29, 0.717) is 5.78 Å². The van der Waals surface area contributed by atoms with Crippen LogP contribution in [-0.4, -0.2) is 31.0 Å². The molecule has 1 N–H and O–H groups in total. The van der Waals surface area contributed by atoms with E-state index in [2.05, 4.69) is 17.6 Å². The molecule has 0 aromatic heterocycles. The zero-order valence-corrected chi connectivity index (χ0v) is 9.59. The fourth-order valence-electron chi connectivity index (χ4n) is 2.73. The van der Waals surface area contributed by atoms with Gasteiger partial charge in [-0.15, -0.1) is 0 Å². The largest absolute Gasteiger partial charge is 0.305 e. The number of Topliss-reactive ketones (excluding diaryl/α,β-unsaturated/α-hetero) is 1. The zero-order chi connectivity index (χ0) is 10.7. The van der Waals surface area contributed by atoms with Gasteiger partial charge in [-0.1, -0.05) is 0 Å². The molecule has 2 heterocycles. The third kappa shape index (κ3) is 2.40. The van der Waals surface area contributed by atoms with Crippen molar-refractivity contribution in [2.75, 3.05) is 19.6 Å². The number of ketones is 1. The number of hydrogen-bond acceptors (Lipinski definition) is 2. The van der Waals surface area contributed by atoms with Gasteiger partial charge < -0.3 is 5.32 Å². The lowest BCUT2D eigenvalue weighted by Gasteiger charge is -2.37. The van der Waals surface area contributed by atoms with Crippen molar-refractivity contribution in [1.82, 2.24) is 10.6 Å². The number of hydrogen-bond donors (Lipinski definition) is 1. The van der Waals surface area contributed by atoms with Crippen molar-refractivity contribution >= 4 is 5.78 Å². The highest BCUT2D eigenvalue weighted by Gasteiger charge is 2.38. The van der Waals surface area contributed by atoms with E-state index in [-0.39, 0.29) is 11.5 Å². The molecule has 2 aliphatic heterocycles.